The molecule has 1 fully saturated rings. The highest BCUT2D eigenvalue weighted by atomic mass is 32.2. The molecule has 1 aliphatic rings. The molecule has 4 rings (SSSR count). The van der Waals surface area contributed by atoms with Crippen molar-refractivity contribution in [2.24, 2.45) is 5.92 Å². The molecule has 7 nitrogen and oxygen atoms in total. The number of carbonyl (C=O) groups excluding carboxylic acids is 1. The zero-order valence-corrected chi connectivity index (χ0v) is 18.4. The zero-order chi connectivity index (χ0) is 22.0. The van der Waals surface area contributed by atoms with Gasteiger partial charge in [0, 0.05) is 24.3 Å². The predicted molar refractivity (Wildman–Crippen MR) is 118 cm³/mol. The van der Waals surface area contributed by atoms with Crippen LogP contribution in [0, 0.1) is 12.8 Å². The van der Waals surface area contributed by atoms with Crippen molar-refractivity contribution in [3.63, 3.8) is 0 Å². The molecule has 1 unspecified atom stereocenters. The van der Waals surface area contributed by atoms with Crippen LogP contribution in [0.1, 0.15) is 35.9 Å². The minimum atomic E-state index is -3.54. The summed E-state index contributed by atoms with van der Waals surface area (Å²) in [7, 11) is -3.54. The van der Waals surface area contributed by atoms with E-state index >= 15 is 0 Å². The van der Waals surface area contributed by atoms with Crippen molar-refractivity contribution in [3.05, 3.63) is 65.9 Å². The molecule has 1 aliphatic heterocycles. The average Bonchev–Trinajstić information content (AvgIpc) is 3.16. The first-order valence-corrected chi connectivity index (χ1v) is 11.7. The van der Waals surface area contributed by atoms with E-state index in [0.717, 1.165) is 18.4 Å². The highest BCUT2D eigenvalue weighted by molar-refractivity contribution is 7.89. The number of aryl methyl sites for hydroxylation is 1. The maximum Gasteiger partial charge on any atom is 0.261 e. The van der Waals surface area contributed by atoms with Gasteiger partial charge in [-0.15, -0.1) is 0 Å². The Hall–Kier alpha value is -2.97. The number of sulfonamides is 1. The van der Waals surface area contributed by atoms with Gasteiger partial charge in [0.25, 0.3) is 5.91 Å². The van der Waals surface area contributed by atoms with Crippen LogP contribution in [0.2, 0.25) is 0 Å². The lowest BCUT2D eigenvalue weighted by Gasteiger charge is -2.30. The third-order valence-corrected chi connectivity index (χ3v) is 7.39. The Balaban J connectivity index is 1.53. The molecular formula is C23H25N3O4S. The number of carbonyl (C=O) groups is 1. The summed E-state index contributed by atoms with van der Waals surface area (Å²) in [5.74, 6) is 0.403. The van der Waals surface area contributed by atoms with Crippen molar-refractivity contribution in [2.75, 3.05) is 18.4 Å². The Morgan fingerprint density at radius 2 is 1.84 bits per heavy atom. The third-order valence-electron chi connectivity index (χ3n) is 5.51. The number of nitrogens with one attached hydrogen (secondary N) is 1. The number of nitrogens with zero attached hydrogens (tertiary/aromatic N) is 2. The largest absolute Gasteiger partial charge is 0.360 e. The zero-order valence-electron chi connectivity index (χ0n) is 17.5. The third kappa shape index (κ3) is 4.40. The van der Waals surface area contributed by atoms with E-state index in [4.69, 9.17) is 4.52 Å². The molecule has 1 amide bonds. The predicted octanol–water partition coefficient (Wildman–Crippen LogP) is 4.32. The minimum absolute atomic E-state index is 0.228. The summed E-state index contributed by atoms with van der Waals surface area (Å²) in [4.78, 5) is 13.1. The van der Waals surface area contributed by atoms with Crippen LogP contribution in [-0.4, -0.2) is 36.9 Å². The summed E-state index contributed by atoms with van der Waals surface area (Å²) in [5.41, 5.74) is 2.09. The topological polar surface area (TPSA) is 92.5 Å². The van der Waals surface area contributed by atoms with E-state index in [1.807, 2.05) is 30.3 Å². The average molecular weight is 440 g/mol. The van der Waals surface area contributed by atoms with Gasteiger partial charge in [0.2, 0.25) is 10.0 Å². The van der Waals surface area contributed by atoms with Crippen LogP contribution >= 0.6 is 0 Å². The van der Waals surface area contributed by atoms with Gasteiger partial charge in [-0.3, -0.25) is 4.79 Å². The van der Waals surface area contributed by atoms with Crippen molar-refractivity contribution in [3.8, 4) is 11.3 Å². The number of aromatic nitrogens is 1. The molecule has 0 aliphatic carbocycles. The van der Waals surface area contributed by atoms with Crippen molar-refractivity contribution in [2.45, 2.75) is 31.6 Å². The maximum atomic E-state index is 12.9. The maximum absolute atomic E-state index is 12.9. The summed E-state index contributed by atoms with van der Waals surface area (Å²) < 4.78 is 32.6. The van der Waals surface area contributed by atoms with Crippen molar-refractivity contribution >= 4 is 21.6 Å². The van der Waals surface area contributed by atoms with Crippen LogP contribution in [0.5, 0.6) is 0 Å². The van der Waals surface area contributed by atoms with Gasteiger partial charge in [-0.2, -0.15) is 4.31 Å². The molecule has 2 heterocycles. The van der Waals surface area contributed by atoms with Gasteiger partial charge in [-0.1, -0.05) is 42.4 Å². The van der Waals surface area contributed by atoms with E-state index in [2.05, 4.69) is 17.4 Å². The van der Waals surface area contributed by atoms with Crippen LogP contribution in [0.4, 0.5) is 5.69 Å². The molecule has 1 aromatic heterocycles. The SMILES string of the molecule is Cc1onc(-c2ccccc2)c1C(=O)Nc1ccc(S(=O)(=O)N2CCCC(C)C2)cc1. The van der Waals surface area contributed by atoms with Crippen molar-refractivity contribution < 1.29 is 17.7 Å². The molecule has 0 saturated carbocycles. The molecule has 0 spiro atoms. The van der Waals surface area contributed by atoms with Crippen LogP contribution in [0.3, 0.4) is 0 Å². The first-order valence-electron chi connectivity index (χ1n) is 10.3. The highest BCUT2D eigenvalue weighted by Gasteiger charge is 2.28. The number of amides is 1. The van der Waals surface area contributed by atoms with Crippen molar-refractivity contribution in [1.29, 1.82) is 0 Å². The van der Waals surface area contributed by atoms with Crippen LogP contribution in [0.25, 0.3) is 11.3 Å². The number of hydrogen-bond donors (Lipinski definition) is 1. The van der Waals surface area contributed by atoms with Gasteiger partial charge in [0.15, 0.2) is 0 Å². The molecule has 3 aromatic rings. The highest BCUT2D eigenvalue weighted by Crippen LogP contribution is 2.27. The summed E-state index contributed by atoms with van der Waals surface area (Å²) in [6.07, 6.45) is 1.92. The number of rotatable bonds is 5. The Bertz CT molecular complexity index is 1170. The van der Waals surface area contributed by atoms with E-state index in [0.29, 0.717) is 41.7 Å². The Morgan fingerprint density at radius 1 is 1.13 bits per heavy atom. The lowest BCUT2D eigenvalue weighted by molar-refractivity contribution is 0.102. The monoisotopic (exact) mass is 439 g/mol. The number of anilines is 1. The minimum Gasteiger partial charge on any atom is -0.360 e. The van der Waals surface area contributed by atoms with Gasteiger partial charge >= 0.3 is 0 Å². The number of benzene rings is 2. The summed E-state index contributed by atoms with van der Waals surface area (Å²) in [6, 6.07) is 15.6. The lowest BCUT2D eigenvalue weighted by atomic mass is 10.0. The van der Waals surface area contributed by atoms with Gasteiger partial charge in [-0.05, 0) is 49.9 Å². The van der Waals surface area contributed by atoms with Crippen LogP contribution in [0.15, 0.2) is 64.0 Å². The Kier molecular flexibility index (Phi) is 5.93. The van der Waals surface area contributed by atoms with E-state index in [1.54, 1.807) is 23.4 Å². The lowest BCUT2D eigenvalue weighted by Crippen LogP contribution is -2.39. The Labute approximate surface area is 182 Å². The summed E-state index contributed by atoms with van der Waals surface area (Å²) in [6.45, 7) is 4.83. The second kappa shape index (κ2) is 8.64. The van der Waals surface area contributed by atoms with E-state index in [9.17, 15) is 13.2 Å². The second-order valence-corrected chi connectivity index (χ2v) is 9.86. The van der Waals surface area contributed by atoms with Crippen LogP contribution < -0.4 is 5.32 Å². The van der Waals surface area contributed by atoms with Crippen LogP contribution in [-0.2, 0) is 10.0 Å². The quantitative estimate of drug-likeness (QED) is 0.639. The summed E-state index contributed by atoms with van der Waals surface area (Å²) in [5, 5.41) is 6.85. The van der Waals surface area contributed by atoms with E-state index < -0.39 is 10.0 Å². The first-order chi connectivity index (χ1) is 14.9. The van der Waals surface area contributed by atoms with Gasteiger partial charge in [0.05, 0.1) is 4.90 Å². The van der Waals surface area contributed by atoms with Gasteiger partial charge < -0.3 is 9.84 Å². The molecule has 8 heteroatoms. The number of piperidine rings is 1. The molecule has 1 atom stereocenters. The molecule has 2 aromatic carbocycles. The van der Waals surface area contributed by atoms with Gasteiger partial charge in [-0.25, -0.2) is 8.42 Å². The molecule has 1 N–H and O–H groups in total. The van der Waals surface area contributed by atoms with E-state index in [-0.39, 0.29) is 10.8 Å². The molecule has 31 heavy (non-hydrogen) atoms. The number of hydrogen-bond acceptors (Lipinski definition) is 5. The first kappa shape index (κ1) is 21.3. The second-order valence-electron chi connectivity index (χ2n) is 7.92. The molecule has 162 valence electrons. The standard InChI is InChI=1S/C23H25N3O4S/c1-16-7-6-14-26(15-16)31(28,29)20-12-10-19(11-13-20)24-23(27)21-17(2)30-25-22(21)18-8-4-3-5-9-18/h3-5,8-13,16H,6-7,14-15H2,1-2H3,(H,24,27). The molecule has 0 radical (unpaired) electrons. The molecular weight excluding hydrogens is 414 g/mol. The fourth-order valence-corrected chi connectivity index (χ4v) is 5.45. The fourth-order valence-electron chi connectivity index (χ4n) is 3.85. The van der Waals surface area contributed by atoms with E-state index in [1.165, 1.54) is 12.1 Å². The molecule has 0 bridgehead atoms. The Morgan fingerprint density at radius 3 is 2.52 bits per heavy atom. The van der Waals surface area contributed by atoms with Gasteiger partial charge in [0.1, 0.15) is 17.0 Å². The smallest absolute Gasteiger partial charge is 0.261 e. The summed E-state index contributed by atoms with van der Waals surface area (Å²) >= 11 is 0. The fraction of sp³-hybridized carbons (Fsp3) is 0.304. The molecule has 1 saturated heterocycles. The normalized spacial score (nSPS) is 17.4. The van der Waals surface area contributed by atoms with Crippen molar-refractivity contribution in [1.82, 2.24) is 9.46 Å².